The molecule has 1 saturated heterocycles. The Kier molecular flexibility index (Phi) is 3.78. The van der Waals surface area contributed by atoms with Crippen LogP contribution < -0.4 is 10.6 Å². The zero-order valence-electron chi connectivity index (χ0n) is 10.4. The van der Waals surface area contributed by atoms with Crippen LogP contribution in [-0.2, 0) is 11.8 Å². The predicted octanol–water partition coefficient (Wildman–Crippen LogP) is 0.597. The highest BCUT2D eigenvalue weighted by atomic mass is 16.1. The molecular formula is C12H20N4O. The van der Waals surface area contributed by atoms with E-state index >= 15 is 0 Å². The summed E-state index contributed by atoms with van der Waals surface area (Å²) in [6.45, 7) is 3.85. The van der Waals surface area contributed by atoms with Crippen LogP contribution >= 0.6 is 0 Å². The molecule has 5 nitrogen and oxygen atoms in total. The van der Waals surface area contributed by atoms with Crippen LogP contribution in [-0.4, -0.2) is 28.5 Å². The molecule has 5 heteroatoms. The van der Waals surface area contributed by atoms with Crippen molar-refractivity contribution in [3.05, 3.63) is 18.2 Å². The molecule has 0 radical (unpaired) electrons. The molecule has 0 saturated carbocycles. The van der Waals surface area contributed by atoms with Crippen LogP contribution in [0.15, 0.2) is 12.4 Å². The number of piperidine rings is 1. The summed E-state index contributed by atoms with van der Waals surface area (Å²) in [5.41, 5.74) is 0. The number of hydrogen-bond acceptors (Lipinski definition) is 3. The molecule has 0 aromatic carbocycles. The number of rotatable bonds is 3. The van der Waals surface area contributed by atoms with Crippen molar-refractivity contribution >= 4 is 5.91 Å². The number of nitrogens with zero attached hydrogens (tertiary/aromatic N) is 2. The Hall–Kier alpha value is -1.36. The third kappa shape index (κ3) is 2.85. The minimum Gasteiger partial charge on any atom is -0.346 e. The fraction of sp³-hybridized carbons (Fsp3) is 0.667. The van der Waals surface area contributed by atoms with E-state index < -0.39 is 0 Å². The Morgan fingerprint density at radius 1 is 1.59 bits per heavy atom. The van der Waals surface area contributed by atoms with Crippen molar-refractivity contribution < 1.29 is 4.79 Å². The average molecular weight is 236 g/mol. The molecule has 0 spiro atoms. The number of carbonyl (C=O) groups is 1. The molecule has 1 unspecified atom stereocenters. The quantitative estimate of drug-likeness (QED) is 0.808. The zero-order valence-corrected chi connectivity index (χ0v) is 10.4. The number of aromatic nitrogens is 2. The lowest BCUT2D eigenvalue weighted by Crippen LogP contribution is -2.39. The molecule has 2 N–H and O–H groups in total. The van der Waals surface area contributed by atoms with Crippen molar-refractivity contribution in [1.29, 1.82) is 0 Å². The summed E-state index contributed by atoms with van der Waals surface area (Å²) in [6, 6.07) is -0.0302. The average Bonchev–Trinajstić information content (AvgIpc) is 2.76. The molecule has 1 atom stereocenters. The lowest BCUT2D eigenvalue weighted by Gasteiger charge is -2.23. The fourth-order valence-corrected chi connectivity index (χ4v) is 2.27. The van der Waals surface area contributed by atoms with Gasteiger partial charge in [0.15, 0.2) is 0 Å². The maximum absolute atomic E-state index is 12.0. The van der Waals surface area contributed by atoms with Crippen LogP contribution in [0.25, 0.3) is 0 Å². The summed E-state index contributed by atoms with van der Waals surface area (Å²) in [5.74, 6) is 1.20. The van der Waals surface area contributed by atoms with Gasteiger partial charge in [-0.1, -0.05) is 0 Å². The highest BCUT2D eigenvalue weighted by molar-refractivity contribution is 5.79. The predicted molar refractivity (Wildman–Crippen MR) is 65.4 cm³/mol. The van der Waals surface area contributed by atoms with Gasteiger partial charge in [0, 0.05) is 25.4 Å². The van der Waals surface area contributed by atoms with Gasteiger partial charge in [0.2, 0.25) is 5.91 Å². The second-order valence-electron chi connectivity index (χ2n) is 4.65. The van der Waals surface area contributed by atoms with Crippen molar-refractivity contribution in [2.75, 3.05) is 13.1 Å². The second kappa shape index (κ2) is 5.31. The number of carbonyl (C=O) groups excluding carboxylic acids is 1. The highest BCUT2D eigenvalue weighted by Crippen LogP contribution is 2.15. The van der Waals surface area contributed by atoms with E-state index in [0.717, 1.165) is 31.8 Å². The first-order valence-corrected chi connectivity index (χ1v) is 6.17. The minimum absolute atomic E-state index is 0.0302. The van der Waals surface area contributed by atoms with Gasteiger partial charge in [-0.15, -0.1) is 0 Å². The summed E-state index contributed by atoms with van der Waals surface area (Å²) >= 11 is 0. The molecule has 94 valence electrons. The SMILES string of the molecule is CC(NC(=O)C1CCNCC1)c1nccn1C. The molecule has 17 heavy (non-hydrogen) atoms. The van der Waals surface area contributed by atoms with E-state index in [2.05, 4.69) is 15.6 Å². The number of aryl methyl sites for hydroxylation is 1. The summed E-state index contributed by atoms with van der Waals surface area (Å²) in [4.78, 5) is 16.3. The Morgan fingerprint density at radius 3 is 2.88 bits per heavy atom. The van der Waals surface area contributed by atoms with Gasteiger partial charge in [-0.3, -0.25) is 4.79 Å². The van der Waals surface area contributed by atoms with Crippen LogP contribution in [0, 0.1) is 5.92 Å². The minimum atomic E-state index is -0.0302. The molecule has 1 amide bonds. The Morgan fingerprint density at radius 2 is 2.29 bits per heavy atom. The van der Waals surface area contributed by atoms with Crippen molar-refractivity contribution in [3.8, 4) is 0 Å². The summed E-state index contributed by atoms with van der Waals surface area (Å²) in [5, 5.41) is 6.31. The fourth-order valence-electron chi connectivity index (χ4n) is 2.27. The van der Waals surface area contributed by atoms with E-state index in [1.165, 1.54) is 0 Å². The standard InChI is InChI=1S/C12H20N4O/c1-9(11-14-7-8-16(11)2)15-12(17)10-3-5-13-6-4-10/h7-10,13H,3-6H2,1-2H3,(H,15,17). The van der Waals surface area contributed by atoms with E-state index in [9.17, 15) is 4.79 Å². The molecule has 2 rings (SSSR count). The van der Waals surface area contributed by atoms with Gasteiger partial charge in [-0.25, -0.2) is 4.98 Å². The lowest BCUT2D eigenvalue weighted by atomic mass is 9.97. The first-order chi connectivity index (χ1) is 8.18. The van der Waals surface area contributed by atoms with Gasteiger partial charge >= 0.3 is 0 Å². The summed E-state index contributed by atoms with van der Waals surface area (Å²) in [6.07, 6.45) is 5.50. The summed E-state index contributed by atoms with van der Waals surface area (Å²) in [7, 11) is 1.94. The Balaban J connectivity index is 1.92. The molecule has 0 bridgehead atoms. The van der Waals surface area contributed by atoms with Crippen molar-refractivity contribution in [3.63, 3.8) is 0 Å². The number of hydrogen-bond donors (Lipinski definition) is 2. The Labute approximate surface area is 102 Å². The van der Waals surface area contributed by atoms with Crippen LogP contribution in [0.4, 0.5) is 0 Å². The molecule has 1 aliphatic heterocycles. The molecule has 1 aromatic heterocycles. The first kappa shape index (κ1) is 12.1. The number of nitrogens with one attached hydrogen (secondary N) is 2. The first-order valence-electron chi connectivity index (χ1n) is 6.17. The third-order valence-corrected chi connectivity index (χ3v) is 3.31. The van der Waals surface area contributed by atoms with E-state index in [1.807, 2.05) is 24.7 Å². The molecule has 1 aliphatic rings. The monoisotopic (exact) mass is 236 g/mol. The van der Waals surface area contributed by atoms with E-state index in [0.29, 0.717) is 0 Å². The number of imidazole rings is 1. The summed E-state index contributed by atoms with van der Waals surface area (Å²) < 4.78 is 1.94. The maximum Gasteiger partial charge on any atom is 0.223 e. The molecule has 1 aromatic rings. The van der Waals surface area contributed by atoms with Crippen LogP contribution in [0.1, 0.15) is 31.6 Å². The highest BCUT2D eigenvalue weighted by Gasteiger charge is 2.23. The van der Waals surface area contributed by atoms with Crippen molar-refractivity contribution in [1.82, 2.24) is 20.2 Å². The Bertz CT molecular complexity index is 382. The second-order valence-corrected chi connectivity index (χ2v) is 4.65. The molecule has 0 aliphatic carbocycles. The normalized spacial score (nSPS) is 18.9. The van der Waals surface area contributed by atoms with Gasteiger partial charge < -0.3 is 15.2 Å². The molecule has 2 heterocycles. The van der Waals surface area contributed by atoms with Crippen LogP contribution in [0.2, 0.25) is 0 Å². The van der Waals surface area contributed by atoms with E-state index in [-0.39, 0.29) is 17.9 Å². The lowest BCUT2D eigenvalue weighted by molar-refractivity contribution is -0.126. The van der Waals surface area contributed by atoms with Gasteiger partial charge in [-0.2, -0.15) is 0 Å². The zero-order chi connectivity index (χ0) is 12.3. The van der Waals surface area contributed by atoms with Crippen molar-refractivity contribution in [2.45, 2.75) is 25.8 Å². The van der Waals surface area contributed by atoms with Gasteiger partial charge in [0.25, 0.3) is 0 Å². The molecular weight excluding hydrogens is 216 g/mol. The van der Waals surface area contributed by atoms with Gasteiger partial charge in [0.1, 0.15) is 5.82 Å². The largest absolute Gasteiger partial charge is 0.346 e. The third-order valence-electron chi connectivity index (χ3n) is 3.31. The maximum atomic E-state index is 12.0. The number of amides is 1. The van der Waals surface area contributed by atoms with Crippen LogP contribution in [0.3, 0.4) is 0 Å². The van der Waals surface area contributed by atoms with E-state index in [1.54, 1.807) is 6.20 Å². The van der Waals surface area contributed by atoms with Crippen LogP contribution in [0.5, 0.6) is 0 Å². The van der Waals surface area contributed by atoms with Crippen molar-refractivity contribution in [2.24, 2.45) is 13.0 Å². The molecule has 1 fully saturated rings. The van der Waals surface area contributed by atoms with Gasteiger partial charge in [0.05, 0.1) is 6.04 Å². The van der Waals surface area contributed by atoms with E-state index in [4.69, 9.17) is 0 Å². The topological polar surface area (TPSA) is 59.0 Å². The smallest absolute Gasteiger partial charge is 0.223 e. The van der Waals surface area contributed by atoms with Gasteiger partial charge in [-0.05, 0) is 32.9 Å².